The molecule has 2 aromatic heterocycles. The Bertz CT molecular complexity index is 1010. The minimum atomic E-state index is -0.810. The highest BCUT2D eigenvalue weighted by molar-refractivity contribution is 7.90. The lowest BCUT2D eigenvalue weighted by Gasteiger charge is -2.14. The van der Waals surface area contributed by atoms with E-state index < -0.39 is 11.2 Å². The summed E-state index contributed by atoms with van der Waals surface area (Å²) in [5.41, 5.74) is 3.46. The minimum absolute atomic E-state index is 0.142. The van der Waals surface area contributed by atoms with Gasteiger partial charge in [0.2, 0.25) is 0 Å². The van der Waals surface area contributed by atoms with Crippen molar-refractivity contribution in [2.45, 2.75) is 103 Å². The number of hydrogen-bond acceptors (Lipinski definition) is 3. The van der Waals surface area contributed by atoms with Crippen LogP contribution in [0.25, 0.3) is 17.0 Å². The number of nitrogens with one attached hydrogen (secondary N) is 1. The average Bonchev–Trinajstić information content (AvgIpc) is 3.35. The van der Waals surface area contributed by atoms with Gasteiger partial charge in [-0.25, -0.2) is 0 Å². The number of benzene rings is 1. The summed E-state index contributed by atoms with van der Waals surface area (Å²) in [6.07, 6.45) is 13.0. The lowest BCUT2D eigenvalue weighted by Crippen LogP contribution is -2.13. The molecule has 188 valence electrons. The fourth-order valence-corrected chi connectivity index (χ4v) is 5.85. The molecule has 0 bridgehead atoms. The van der Waals surface area contributed by atoms with E-state index in [1.54, 1.807) is 4.63 Å². The monoisotopic (exact) mass is 504 g/mol. The van der Waals surface area contributed by atoms with Gasteiger partial charge >= 0.3 is 0 Å². The van der Waals surface area contributed by atoms with Crippen molar-refractivity contribution in [3.63, 3.8) is 0 Å². The molecule has 7 heteroatoms. The maximum Gasteiger partial charge on any atom is 0.175 e. The molecule has 0 fully saturated rings. The second-order valence-corrected chi connectivity index (χ2v) is 12.3. The largest absolute Gasteiger partial charge is 0.616 e. The molecule has 0 radical (unpaired) electrons. The van der Waals surface area contributed by atoms with Crippen molar-refractivity contribution in [2.75, 3.05) is 5.75 Å². The average molecular weight is 505 g/mol. The smallest absolute Gasteiger partial charge is 0.175 e. The van der Waals surface area contributed by atoms with Crippen LogP contribution in [0.1, 0.15) is 103 Å². The Balaban J connectivity index is 1.41. The molecule has 1 unspecified atom stereocenters. The summed E-state index contributed by atoms with van der Waals surface area (Å²) >= 11 is 5.73. The summed E-state index contributed by atoms with van der Waals surface area (Å²) in [6.45, 7) is 8.51. The van der Waals surface area contributed by atoms with Crippen LogP contribution in [-0.2, 0) is 22.3 Å². The van der Waals surface area contributed by atoms with Gasteiger partial charge in [-0.2, -0.15) is 5.10 Å². The number of fused-ring (bicyclic) bond motifs is 1. The van der Waals surface area contributed by atoms with Gasteiger partial charge in [0.25, 0.3) is 0 Å². The van der Waals surface area contributed by atoms with Crippen molar-refractivity contribution in [2.24, 2.45) is 0 Å². The molecule has 0 saturated carbocycles. The zero-order chi connectivity index (χ0) is 24.6. The van der Waals surface area contributed by atoms with Crippen LogP contribution in [0.15, 0.2) is 24.3 Å². The van der Waals surface area contributed by atoms with Crippen LogP contribution in [0.3, 0.4) is 0 Å². The van der Waals surface area contributed by atoms with E-state index in [-0.39, 0.29) is 5.41 Å². The SMILES string of the molecule is CCCCCCCCCCCC[S+]([O-])Cc1ccc(-c2nn3nc(C(C)(C)C)c(Cl)c3[nH]2)cc1. The van der Waals surface area contributed by atoms with Crippen LogP contribution in [0.2, 0.25) is 5.02 Å². The summed E-state index contributed by atoms with van der Waals surface area (Å²) in [5, 5.41) is 9.74. The molecule has 1 N–H and O–H groups in total. The molecule has 0 amide bonds. The van der Waals surface area contributed by atoms with Gasteiger partial charge in [0.1, 0.15) is 16.5 Å². The quantitative estimate of drug-likeness (QED) is 0.179. The van der Waals surface area contributed by atoms with Crippen LogP contribution in [-0.4, -0.2) is 30.1 Å². The number of hydrogen-bond donors (Lipinski definition) is 1. The highest BCUT2D eigenvalue weighted by Gasteiger charge is 2.25. The number of unbranched alkanes of at least 4 members (excludes halogenated alkanes) is 9. The molecule has 34 heavy (non-hydrogen) atoms. The Morgan fingerprint density at radius 2 is 1.50 bits per heavy atom. The van der Waals surface area contributed by atoms with Gasteiger partial charge in [-0.3, -0.25) is 0 Å². The van der Waals surface area contributed by atoms with E-state index in [2.05, 4.69) is 42.9 Å². The molecule has 0 saturated heterocycles. The lowest BCUT2D eigenvalue weighted by molar-refractivity contribution is 0.557. The van der Waals surface area contributed by atoms with Crippen molar-refractivity contribution in [1.29, 1.82) is 0 Å². The molecule has 0 aliphatic rings. The highest BCUT2D eigenvalue weighted by atomic mass is 35.5. The maximum atomic E-state index is 12.5. The molecule has 3 rings (SSSR count). The van der Waals surface area contributed by atoms with Crippen LogP contribution in [0, 0.1) is 0 Å². The van der Waals surface area contributed by atoms with Gasteiger partial charge < -0.3 is 9.54 Å². The Hall–Kier alpha value is -1.50. The molecule has 0 aliphatic carbocycles. The van der Waals surface area contributed by atoms with E-state index in [9.17, 15) is 4.55 Å². The summed E-state index contributed by atoms with van der Waals surface area (Å²) in [7, 11) is 0. The van der Waals surface area contributed by atoms with Crippen LogP contribution in [0.4, 0.5) is 0 Å². The number of nitrogens with zero attached hydrogens (tertiary/aromatic N) is 3. The van der Waals surface area contributed by atoms with Crippen molar-refractivity contribution in [3.8, 4) is 11.4 Å². The second-order valence-electron chi connectivity index (χ2n) is 10.4. The molecule has 3 aromatic rings. The minimum Gasteiger partial charge on any atom is -0.616 e. The number of H-pyrrole nitrogens is 1. The van der Waals surface area contributed by atoms with E-state index in [0.717, 1.165) is 34.8 Å². The molecular weight excluding hydrogens is 464 g/mol. The van der Waals surface area contributed by atoms with Gasteiger partial charge in [0, 0.05) is 16.5 Å². The first kappa shape index (κ1) is 27.1. The third kappa shape index (κ3) is 7.76. The van der Waals surface area contributed by atoms with Gasteiger partial charge in [0.15, 0.2) is 11.5 Å². The summed E-state index contributed by atoms with van der Waals surface area (Å²) in [6, 6.07) is 8.12. The molecular formula is C27H41ClN4OS. The standard InChI is InChI=1S/C27H41ClN4OS/c1-5-6-7-8-9-10-11-12-13-14-19-34(33)20-21-15-17-22(18-16-21)25-29-26-23(28)24(27(2,3)4)30-32(26)31-25/h15-18H,5-14,19-20H2,1-4H3,(H,29,31). The third-order valence-corrected chi connectivity index (χ3v) is 7.99. The summed E-state index contributed by atoms with van der Waals surface area (Å²) in [4.78, 5) is 3.29. The molecule has 0 spiro atoms. The molecule has 1 atom stereocenters. The van der Waals surface area contributed by atoms with Crippen LogP contribution >= 0.6 is 11.6 Å². The van der Waals surface area contributed by atoms with Gasteiger partial charge in [-0.05, 0) is 24.0 Å². The highest BCUT2D eigenvalue weighted by Crippen LogP contribution is 2.31. The number of aromatic nitrogens is 4. The van der Waals surface area contributed by atoms with E-state index in [1.807, 2.05) is 24.3 Å². The fraction of sp³-hybridized carbons (Fsp3) is 0.630. The number of rotatable bonds is 14. The third-order valence-electron chi connectivity index (χ3n) is 6.23. The predicted octanol–water partition coefficient (Wildman–Crippen LogP) is 7.84. The van der Waals surface area contributed by atoms with E-state index in [0.29, 0.717) is 16.4 Å². The van der Waals surface area contributed by atoms with E-state index in [1.165, 1.54) is 57.8 Å². The lowest BCUT2D eigenvalue weighted by atomic mass is 9.92. The predicted molar refractivity (Wildman–Crippen MR) is 145 cm³/mol. The maximum absolute atomic E-state index is 12.5. The topological polar surface area (TPSA) is 69.0 Å². The zero-order valence-electron chi connectivity index (χ0n) is 21.3. The Morgan fingerprint density at radius 3 is 2.06 bits per heavy atom. The zero-order valence-corrected chi connectivity index (χ0v) is 22.9. The first-order chi connectivity index (χ1) is 16.3. The fourth-order valence-electron chi connectivity index (χ4n) is 4.17. The number of halogens is 1. The first-order valence-electron chi connectivity index (χ1n) is 12.9. The van der Waals surface area contributed by atoms with Gasteiger partial charge in [-0.1, -0.05) is 115 Å². The first-order valence-corrected chi connectivity index (χ1v) is 14.8. The molecule has 1 aromatic carbocycles. The van der Waals surface area contributed by atoms with Crippen molar-refractivity contribution < 1.29 is 4.55 Å². The number of aromatic amines is 1. The Morgan fingerprint density at radius 1 is 0.912 bits per heavy atom. The van der Waals surface area contributed by atoms with Gasteiger partial charge in [-0.15, -0.1) is 9.73 Å². The van der Waals surface area contributed by atoms with Crippen LogP contribution < -0.4 is 0 Å². The Kier molecular flexibility index (Phi) is 10.3. The summed E-state index contributed by atoms with van der Waals surface area (Å²) < 4.78 is 14.1. The van der Waals surface area contributed by atoms with Crippen molar-refractivity contribution in [1.82, 2.24) is 19.8 Å². The van der Waals surface area contributed by atoms with Crippen molar-refractivity contribution >= 4 is 28.4 Å². The van der Waals surface area contributed by atoms with Gasteiger partial charge in [0.05, 0.1) is 5.69 Å². The summed E-state index contributed by atoms with van der Waals surface area (Å²) in [5.74, 6) is 2.13. The Labute approximate surface area is 213 Å². The molecule has 2 heterocycles. The van der Waals surface area contributed by atoms with E-state index >= 15 is 0 Å². The van der Waals surface area contributed by atoms with Crippen LogP contribution in [0.5, 0.6) is 0 Å². The normalized spacial score (nSPS) is 13.1. The molecule has 5 nitrogen and oxygen atoms in total. The van der Waals surface area contributed by atoms with Crippen molar-refractivity contribution in [3.05, 3.63) is 40.5 Å². The second kappa shape index (κ2) is 13.0. The molecule has 0 aliphatic heterocycles. The van der Waals surface area contributed by atoms with E-state index in [4.69, 9.17) is 11.6 Å².